The molecule has 0 aliphatic carbocycles. The molecule has 3 heteroatoms. The third kappa shape index (κ3) is 4.21. The molecule has 0 spiro atoms. The van der Waals surface area contributed by atoms with Crippen molar-refractivity contribution in [3.63, 3.8) is 0 Å². The van der Waals surface area contributed by atoms with Crippen molar-refractivity contribution < 1.29 is 4.21 Å². The fraction of sp³-hybridized carbons (Fsp3) is 0.600. The monoisotopic (exact) mass is 267 g/mol. The SMILES string of the molecule is CCC(C(NC)c1ccccc1)S(=O)CC(C)C. The minimum atomic E-state index is -0.781. The van der Waals surface area contributed by atoms with E-state index in [9.17, 15) is 4.21 Å². The fourth-order valence-electron chi connectivity index (χ4n) is 2.25. The molecule has 18 heavy (non-hydrogen) atoms. The van der Waals surface area contributed by atoms with Crippen LogP contribution in [-0.4, -0.2) is 22.3 Å². The molecule has 0 saturated heterocycles. The average Bonchev–Trinajstić information content (AvgIpc) is 2.35. The van der Waals surface area contributed by atoms with Gasteiger partial charge in [0.2, 0.25) is 0 Å². The quantitative estimate of drug-likeness (QED) is 0.822. The first-order valence-corrected chi connectivity index (χ1v) is 8.07. The average molecular weight is 267 g/mol. The van der Waals surface area contributed by atoms with Crippen LogP contribution in [0.2, 0.25) is 0 Å². The van der Waals surface area contributed by atoms with E-state index in [-0.39, 0.29) is 11.3 Å². The maximum atomic E-state index is 12.4. The maximum Gasteiger partial charge on any atom is 0.0540 e. The van der Waals surface area contributed by atoms with E-state index in [0.717, 1.165) is 12.2 Å². The Labute approximate surface area is 114 Å². The van der Waals surface area contributed by atoms with Crippen molar-refractivity contribution in [1.82, 2.24) is 5.32 Å². The second kappa shape index (κ2) is 7.70. The van der Waals surface area contributed by atoms with Gasteiger partial charge in [-0.15, -0.1) is 0 Å². The number of hydrogen-bond acceptors (Lipinski definition) is 2. The molecule has 3 atom stereocenters. The molecule has 1 aromatic carbocycles. The molecule has 0 saturated carbocycles. The zero-order valence-electron chi connectivity index (χ0n) is 11.8. The van der Waals surface area contributed by atoms with Gasteiger partial charge in [0, 0.05) is 22.6 Å². The number of rotatable bonds is 7. The van der Waals surface area contributed by atoms with E-state index in [1.54, 1.807) is 0 Å². The summed E-state index contributed by atoms with van der Waals surface area (Å²) in [5.74, 6) is 1.26. The van der Waals surface area contributed by atoms with Crippen molar-refractivity contribution in [1.29, 1.82) is 0 Å². The van der Waals surface area contributed by atoms with Gasteiger partial charge < -0.3 is 5.32 Å². The largest absolute Gasteiger partial charge is 0.312 e. The Hall–Kier alpha value is -0.670. The highest BCUT2D eigenvalue weighted by Gasteiger charge is 2.25. The van der Waals surface area contributed by atoms with Crippen molar-refractivity contribution >= 4 is 10.8 Å². The summed E-state index contributed by atoms with van der Waals surface area (Å²) in [5, 5.41) is 3.51. The van der Waals surface area contributed by atoms with Crippen LogP contribution in [0.25, 0.3) is 0 Å². The van der Waals surface area contributed by atoms with E-state index in [1.807, 2.05) is 25.2 Å². The van der Waals surface area contributed by atoms with Gasteiger partial charge in [0.1, 0.15) is 0 Å². The number of hydrogen-bond donors (Lipinski definition) is 1. The Balaban J connectivity index is 2.87. The Morgan fingerprint density at radius 1 is 1.22 bits per heavy atom. The molecule has 0 amide bonds. The number of benzene rings is 1. The summed E-state index contributed by atoms with van der Waals surface area (Å²) >= 11 is 0. The predicted molar refractivity (Wildman–Crippen MR) is 80.2 cm³/mol. The highest BCUT2D eigenvalue weighted by atomic mass is 32.2. The van der Waals surface area contributed by atoms with E-state index in [1.165, 1.54) is 5.56 Å². The van der Waals surface area contributed by atoms with Gasteiger partial charge in [-0.1, -0.05) is 51.1 Å². The predicted octanol–water partition coefficient (Wildman–Crippen LogP) is 3.13. The fourth-order valence-corrected chi connectivity index (χ4v) is 4.13. The van der Waals surface area contributed by atoms with Crippen molar-refractivity contribution in [2.75, 3.05) is 12.8 Å². The summed E-state index contributed by atoms with van der Waals surface area (Å²) in [5.41, 5.74) is 1.23. The van der Waals surface area contributed by atoms with Gasteiger partial charge in [0.05, 0.1) is 5.25 Å². The first-order valence-electron chi connectivity index (χ1n) is 6.69. The lowest BCUT2D eigenvalue weighted by Crippen LogP contribution is -2.34. The summed E-state index contributed by atoms with van der Waals surface area (Å²) in [4.78, 5) is 0. The van der Waals surface area contributed by atoms with E-state index >= 15 is 0 Å². The highest BCUT2D eigenvalue weighted by Crippen LogP contribution is 2.23. The van der Waals surface area contributed by atoms with Gasteiger partial charge in [-0.3, -0.25) is 4.21 Å². The first kappa shape index (κ1) is 15.4. The van der Waals surface area contributed by atoms with Crippen LogP contribution in [0.4, 0.5) is 0 Å². The Morgan fingerprint density at radius 3 is 2.28 bits per heavy atom. The van der Waals surface area contributed by atoms with Crippen LogP contribution >= 0.6 is 0 Å². The molecular weight excluding hydrogens is 242 g/mol. The molecule has 1 aromatic rings. The van der Waals surface area contributed by atoms with Crippen LogP contribution < -0.4 is 5.32 Å². The zero-order chi connectivity index (χ0) is 13.5. The van der Waals surface area contributed by atoms with Gasteiger partial charge >= 0.3 is 0 Å². The molecule has 1 rings (SSSR count). The summed E-state index contributed by atoms with van der Waals surface area (Å²) in [6.07, 6.45) is 0.930. The summed E-state index contributed by atoms with van der Waals surface area (Å²) < 4.78 is 12.4. The lowest BCUT2D eigenvalue weighted by atomic mass is 10.0. The molecule has 0 radical (unpaired) electrons. The first-order chi connectivity index (χ1) is 8.60. The Bertz CT molecular complexity index is 364. The third-order valence-corrected chi connectivity index (χ3v) is 5.36. The molecule has 0 aliphatic heterocycles. The lowest BCUT2D eigenvalue weighted by molar-refractivity contribution is 0.535. The third-order valence-electron chi connectivity index (χ3n) is 3.08. The second-order valence-corrected chi connectivity index (χ2v) is 6.77. The summed E-state index contributed by atoms with van der Waals surface area (Å²) in [6.45, 7) is 6.37. The standard InChI is InChI=1S/C15H25NOS/c1-5-14(18(17)11-12(2)3)15(16-4)13-9-7-6-8-10-13/h6-10,12,14-16H,5,11H2,1-4H3. The van der Waals surface area contributed by atoms with Gasteiger partial charge in [-0.2, -0.15) is 0 Å². The second-order valence-electron chi connectivity index (χ2n) is 5.06. The minimum absolute atomic E-state index is 0.177. The van der Waals surface area contributed by atoms with Gasteiger partial charge in [-0.05, 0) is 24.9 Å². The molecule has 0 bridgehead atoms. The van der Waals surface area contributed by atoms with E-state index < -0.39 is 10.8 Å². The van der Waals surface area contributed by atoms with Gasteiger partial charge in [0.15, 0.2) is 0 Å². The van der Waals surface area contributed by atoms with Crippen LogP contribution in [0, 0.1) is 5.92 Å². The smallest absolute Gasteiger partial charge is 0.0540 e. The molecule has 3 unspecified atom stereocenters. The van der Waals surface area contributed by atoms with Crippen LogP contribution in [0.5, 0.6) is 0 Å². The lowest BCUT2D eigenvalue weighted by Gasteiger charge is -2.26. The van der Waals surface area contributed by atoms with Crippen LogP contribution in [-0.2, 0) is 10.8 Å². The molecule has 0 heterocycles. The highest BCUT2D eigenvalue weighted by molar-refractivity contribution is 7.85. The molecule has 1 N–H and O–H groups in total. The normalized spacial score (nSPS) is 16.5. The van der Waals surface area contributed by atoms with Crippen molar-refractivity contribution in [3.8, 4) is 0 Å². The van der Waals surface area contributed by atoms with E-state index in [2.05, 4.69) is 38.2 Å². The van der Waals surface area contributed by atoms with Crippen LogP contribution in [0.15, 0.2) is 30.3 Å². The molecule has 0 fully saturated rings. The molecule has 0 aromatic heterocycles. The molecule has 102 valence electrons. The number of nitrogens with one attached hydrogen (secondary N) is 1. The summed E-state index contributed by atoms with van der Waals surface area (Å²) in [6, 6.07) is 10.5. The maximum absolute atomic E-state index is 12.4. The molecular formula is C15H25NOS. The molecule has 0 aliphatic rings. The summed E-state index contributed by atoms with van der Waals surface area (Å²) in [7, 11) is 1.17. The van der Waals surface area contributed by atoms with Crippen molar-refractivity contribution in [2.45, 2.75) is 38.5 Å². The van der Waals surface area contributed by atoms with Gasteiger partial charge in [0.25, 0.3) is 0 Å². The van der Waals surface area contributed by atoms with E-state index in [0.29, 0.717) is 5.92 Å². The van der Waals surface area contributed by atoms with Gasteiger partial charge in [-0.25, -0.2) is 0 Å². The van der Waals surface area contributed by atoms with Crippen molar-refractivity contribution in [3.05, 3.63) is 35.9 Å². The Kier molecular flexibility index (Phi) is 6.58. The van der Waals surface area contributed by atoms with Crippen LogP contribution in [0.1, 0.15) is 38.8 Å². The zero-order valence-corrected chi connectivity index (χ0v) is 12.7. The minimum Gasteiger partial charge on any atom is -0.312 e. The Morgan fingerprint density at radius 2 is 1.83 bits per heavy atom. The topological polar surface area (TPSA) is 29.1 Å². The van der Waals surface area contributed by atoms with E-state index in [4.69, 9.17) is 0 Å². The van der Waals surface area contributed by atoms with Crippen molar-refractivity contribution in [2.24, 2.45) is 5.92 Å². The molecule has 2 nitrogen and oxygen atoms in total. The van der Waals surface area contributed by atoms with Crippen LogP contribution in [0.3, 0.4) is 0 Å².